The molecule has 0 spiro atoms. The molecular weight excluding hydrogens is 301 g/mol. The summed E-state index contributed by atoms with van der Waals surface area (Å²) in [6.45, 7) is 3.11. The molecule has 0 saturated heterocycles. The van der Waals surface area contributed by atoms with Crippen LogP contribution in [-0.2, 0) is 15.8 Å². The molecule has 2 amide bonds. The summed E-state index contributed by atoms with van der Waals surface area (Å²) in [6.07, 6.45) is -4.53. The summed E-state index contributed by atoms with van der Waals surface area (Å²) >= 11 is 0. The molecule has 1 aromatic rings. The Bertz CT molecular complexity index is 546. The second kappa shape index (κ2) is 7.26. The molecule has 2 atom stereocenters. The Morgan fingerprint density at radius 2 is 1.86 bits per heavy atom. The van der Waals surface area contributed by atoms with Crippen LogP contribution in [0.5, 0.6) is 0 Å². The van der Waals surface area contributed by atoms with Crippen LogP contribution in [0.1, 0.15) is 19.4 Å². The molecule has 0 heterocycles. The van der Waals surface area contributed by atoms with Gasteiger partial charge in [-0.25, -0.2) is 0 Å². The number of hydrogen-bond acceptors (Lipinski definition) is 3. The Morgan fingerprint density at radius 1 is 1.23 bits per heavy atom. The Hall–Kier alpha value is -2.09. The second-order valence-electron chi connectivity index (χ2n) is 4.95. The first-order valence-corrected chi connectivity index (χ1v) is 6.55. The van der Waals surface area contributed by atoms with Crippen molar-refractivity contribution in [3.8, 4) is 0 Å². The van der Waals surface area contributed by atoms with E-state index in [0.717, 1.165) is 18.2 Å². The highest BCUT2D eigenvalue weighted by Crippen LogP contribution is 2.30. The van der Waals surface area contributed by atoms with E-state index >= 15 is 0 Å². The summed E-state index contributed by atoms with van der Waals surface area (Å²) in [4.78, 5) is 23.3. The lowest BCUT2D eigenvalue weighted by Gasteiger charge is -2.18. The minimum absolute atomic E-state index is 0.127. The summed E-state index contributed by atoms with van der Waals surface area (Å²) in [7, 11) is 0. The molecule has 2 unspecified atom stereocenters. The molecule has 0 fully saturated rings. The number of nitrogens with one attached hydrogen (secondary N) is 2. The van der Waals surface area contributed by atoms with E-state index in [0.29, 0.717) is 0 Å². The summed E-state index contributed by atoms with van der Waals surface area (Å²) < 4.78 is 37.6. The number of anilines is 1. The Morgan fingerprint density at radius 3 is 2.41 bits per heavy atom. The number of carbonyl (C=O) groups excluding carboxylic acids is 2. The SMILES string of the molecule is CC(CO)C(C)NC(=O)C(=O)Nc1cccc(C(F)(F)F)c1. The number of alkyl halides is 3. The van der Waals surface area contributed by atoms with Crippen LogP contribution >= 0.6 is 0 Å². The minimum Gasteiger partial charge on any atom is -0.396 e. The van der Waals surface area contributed by atoms with Crippen molar-refractivity contribution in [2.45, 2.75) is 26.1 Å². The maximum absolute atomic E-state index is 12.5. The van der Waals surface area contributed by atoms with Gasteiger partial charge in [0.1, 0.15) is 0 Å². The van der Waals surface area contributed by atoms with Gasteiger partial charge in [-0.05, 0) is 31.0 Å². The fraction of sp³-hybridized carbons (Fsp3) is 0.429. The summed E-state index contributed by atoms with van der Waals surface area (Å²) in [5.41, 5.74) is -1.05. The fourth-order valence-electron chi connectivity index (χ4n) is 1.53. The molecule has 1 rings (SSSR count). The van der Waals surface area contributed by atoms with E-state index in [1.165, 1.54) is 6.07 Å². The predicted octanol–water partition coefficient (Wildman–Crippen LogP) is 1.78. The molecule has 8 heteroatoms. The van der Waals surface area contributed by atoms with E-state index in [1.54, 1.807) is 13.8 Å². The van der Waals surface area contributed by atoms with Gasteiger partial charge in [0.2, 0.25) is 0 Å². The molecule has 1 aromatic carbocycles. The molecule has 0 bridgehead atoms. The number of halogens is 3. The van der Waals surface area contributed by atoms with Gasteiger partial charge >= 0.3 is 18.0 Å². The maximum atomic E-state index is 12.5. The topological polar surface area (TPSA) is 78.4 Å². The van der Waals surface area contributed by atoms with Gasteiger partial charge in [0, 0.05) is 18.3 Å². The van der Waals surface area contributed by atoms with E-state index in [4.69, 9.17) is 5.11 Å². The zero-order chi connectivity index (χ0) is 16.9. The monoisotopic (exact) mass is 318 g/mol. The Balaban J connectivity index is 2.71. The maximum Gasteiger partial charge on any atom is 0.416 e. The Kier molecular flexibility index (Phi) is 5.92. The first-order valence-electron chi connectivity index (χ1n) is 6.55. The molecule has 0 aliphatic carbocycles. The average Bonchev–Trinajstić information content (AvgIpc) is 2.45. The Labute approximate surface area is 125 Å². The van der Waals surface area contributed by atoms with Crippen LogP contribution in [0, 0.1) is 5.92 Å². The van der Waals surface area contributed by atoms with E-state index in [2.05, 4.69) is 10.6 Å². The van der Waals surface area contributed by atoms with Gasteiger partial charge in [0.15, 0.2) is 0 Å². The van der Waals surface area contributed by atoms with Crippen molar-refractivity contribution in [3.63, 3.8) is 0 Å². The first kappa shape index (κ1) is 18.0. The predicted molar refractivity (Wildman–Crippen MR) is 73.9 cm³/mol. The number of benzene rings is 1. The van der Waals surface area contributed by atoms with Gasteiger partial charge in [-0.15, -0.1) is 0 Å². The van der Waals surface area contributed by atoms with E-state index in [1.807, 2.05) is 0 Å². The van der Waals surface area contributed by atoms with Crippen molar-refractivity contribution < 1.29 is 27.9 Å². The van der Waals surface area contributed by atoms with Gasteiger partial charge in [-0.1, -0.05) is 13.0 Å². The van der Waals surface area contributed by atoms with E-state index < -0.39 is 29.6 Å². The van der Waals surface area contributed by atoms with Gasteiger partial charge in [0.25, 0.3) is 0 Å². The lowest BCUT2D eigenvalue weighted by Crippen LogP contribution is -2.44. The average molecular weight is 318 g/mol. The van der Waals surface area contributed by atoms with Crippen molar-refractivity contribution in [2.75, 3.05) is 11.9 Å². The number of rotatable bonds is 4. The highest BCUT2D eigenvalue weighted by Gasteiger charge is 2.30. The standard InChI is InChI=1S/C14H17F3N2O3/c1-8(7-20)9(2)18-12(21)13(22)19-11-5-3-4-10(6-11)14(15,16)17/h3-6,8-9,20H,7H2,1-2H3,(H,18,21)(H,19,22). The molecule has 5 nitrogen and oxygen atoms in total. The van der Waals surface area contributed by atoms with Crippen LogP contribution < -0.4 is 10.6 Å². The first-order chi connectivity index (χ1) is 10.1. The summed E-state index contributed by atoms with van der Waals surface area (Å²) in [5, 5.41) is 13.4. The van der Waals surface area contributed by atoms with Crippen LogP contribution in [0.25, 0.3) is 0 Å². The van der Waals surface area contributed by atoms with Crippen molar-refractivity contribution in [1.82, 2.24) is 5.32 Å². The summed E-state index contributed by atoms with van der Waals surface area (Å²) in [6, 6.07) is 3.53. The zero-order valence-corrected chi connectivity index (χ0v) is 12.1. The van der Waals surface area contributed by atoms with Gasteiger partial charge in [0.05, 0.1) is 5.56 Å². The molecule has 0 radical (unpaired) electrons. The molecule has 22 heavy (non-hydrogen) atoms. The third-order valence-electron chi connectivity index (χ3n) is 3.15. The van der Waals surface area contributed by atoms with Crippen LogP contribution in [-0.4, -0.2) is 29.6 Å². The quantitative estimate of drug-likeness (QED) is 0.741. The largest absolute Gasteiger partial charge is 0.416 e. The van der Waals surface area contributed by atoms with Crippen molar-refractivity contribution in [2.24, 2.45) is 5.92 Å². The minimum atomic E-state index is -4.53. The molecule has 3 N–H and O–H groups in total. The highest BCUT2D eigenvalue weighted by atomic mass is 19.4. The lowest BCUT2D eigenvalue weighted by molar-refractivity contribution is -0.137. The van der Waals surface area contributed by atoms with Crippen LogP contribution in [0.4, 0.5) is 18.9 Å². The van der Waals surface area contributed by atoms with Crippen LogP contribution in [0.15, 0.2) is 24.3 Å². The smallest absolute Gasteiger partial charge is 0.396 e. The number of hydrogen-bond donors (Lipinski definition) is 3. The number of aliphatic hydroxyl groups is 1. The molecule has 0 aromatic heterocycles. The normalized spacial score (nSPS) is 14.1. The van der Waals surface area contributed by atoms with Crippen LogP contribution in [0.3, 0.4) is 0 Å². The van der Waals surface area contributed by atoms with Gasteiger partial charge < -0.3 is 15.7 Å². The number of amides is 2. The highest BCUT2D eigenvalue weighted by molar-refractivity contribution is 6.39. The van der Waals surface area contributed by atoms with E-state index in [-0.39, 0.29) is 18.2 Å². The zero-order valence-electron chi connectivity index (χ0n) is 12.1. The van der Waals surface area contributed by atoms with Gasteiger partial charge in [-0.2, -0.15) is 13.2 Å². The van der Waals surface area contributed by atoms with Crippen molar-refractivity contribution >= 4 is 17.5 Å². The van der Waals surface area contributed by atoms with Gasteiger partial charge in [-0.3, -0.25) is 9.59 Å². The van der Waals surface area contributed by atoms with E-state index in [9.17, 15) is 22.8 Å². The summed E-state index contributed by atoms with van der Waals surface area (Å²) in [5.74, 6) is -2.31. The number of carbonyl (C=O) groups is 2. The molecular formula is C14H17F3N2O3. The van der Waals surface area contributed by atoms with Crippen molar-refractivity contribution in [3.05, 3.63) is 29.8 Å². The van der Waals surface area contributed by atoms with Crippen molar-refractivity contribution in [1.29, 1.82) is 0 Å². The van der Waals surface area contributed by atoms with Crippen LogP contribution in [0.2, 0.25) is 0 Å². The third kappa shape index (κ3) is 5.03. The molecule has 0 saturated carbocycles. The second-order valence-corrected chi connectivity index (χ2v) is 4.95. The lowest BCUT2D eigenvalue weighted by atomic mass is 10.1. The molecule has 0 aliphatic rings. The molecule has 122 valence electrons. The number of aliphatic hydroxyl groups excluding tert-OH is 1. The molecule has 0 aliphatic heterocycles. The third-order valence-corrected chi connectivity index (χ3v) is 3.15. The fourth-order valence-corrected chi connectivity index (χ4v) is 1.53.